The van der Waals surface area contributed by atoms with Gasteiger partial charge in [0.2, 0.25) is 0 Å². The Morgan fingerprint density at radius 1 is 1.59 bits per heavy atom. The average Bonchev–Trinajstić information content (AvgIpc) is 2.34. The summed E-state index contributed by atoms with van der Waals surface area (Å²) in [6, 6.07) is 7.47. The van der Waals surface area contributed by atoms with E-state index in [4.69, 9.17) is 11.0 Å². The van der Waals surface area contributed by atoms with Gasteiger partial charge in [0.15, 0.2) is 0 Å². The van der Waals surface area contributed by atoms with Gasteiger partial charge in [0.05, 0.1) is 17.4 Å². The number of rotatable bonds is 5. The predicted octanol–water partition coefficient (Wildman–Crippen LogP) is 1.40. The molecule has 0 saturated carbocycles. The van der Waals surface area contributed by atoms with Gasteiger partial charge in [-0.3, -0.25) is 0 Å². The maximum atomic E-state index is 9.29. The molecule has 0 heterocycles. The van der Waals surface area contributed by atoms with Gasteiger partial charge in [0.1, 0.15) is 6.07 Å². The van der Waals surface area contributed by atoms with Gasteiger partial charge in [-0.25, -0.2) is 0 Å². The van der Waals surface area contributed by atoms with Crippen molar-refractivity contribution in [3.8, 4) is 6.07 Å². The van der Waals surface area contributed by atoms with Gasteiger partial charge in [0.25, 0.3) is 0 Å². The van der Waals surface area contributed by atoms with Crippen molar-refractivity contribution in [3.63, 3.8) is 0 Å². The number of hydrogen-bond donors (Lipinski definition) is 3. The summed E-state index contributed by atoms with van der Waals surface area (Å²) in [6.07, 6.45) is 1.36. The van der Waals surface area contributed by atoms with Crippen molar-refractivity contribution >= 4 is 17.4 Å². The van der Waals surface area contributed by atoms with Crippen molar-refractivity contribution in [2.75, 3.05) is 18.1 Å². The standard InChI is InChI=1S/C12H17N3OS/c1-8(16)10(14)7-15-11-4-3-5-12(17-2)9(11)6-13/h3-5,8,10,15-16H,7,14H2,1-2H3. The number of nitrogens with two attached hydrogens (primary N) is 1. The minimum atomic E-state index is -0.572. The van der Waals surface area contributed by atoms with Gasteiger partial charge in [-0.1, -0.05) is 6.07 Å². The number of anilines is 1. The first-order chi connectivity index (χ1) is 8.10. The second-order valence-corrected chi connectivity index (χ2v) is 4.63. The van der Waals surface area contributed by atoms with Crippen LogP contribution in [0.1, 0.15) is 12.5 Å². The fraction of sp³-hybridized carbons (Fsp3) is 0.417. The average molecular weight is 251 g/mol. The Balaban J connectivity index is 2.81. The molecule has 0 aliphatic heterocycles. The first-order valence-corrected chi connectivity index (χ1v) is 6.57. The van der Waals surface area contributed by atoms with Crippen molar-refractivity contribution in [2.24, 2.45) is 5.73 Å². The lowest BCUT2D eigenvalue weighted by Crippen LogP contribution is -2.38. The maximum Gasteiger partial charge on any atom is 0.102 e. The third-order valence-electron chi connectivity index (χ3n) is 2.51. The number of benzene rings is 1. The Kier molecular flexibility index (Phi) is 5.29. The molecule has 5 heteroatoms. The lowest BCUT2D eigenvalue weighted by Gasteiger charge is -2.17. The van der Waals surface area contributed by atoms with E-state index in [1.165, 1.54) is 11.8 Å². The highest BCUT2D eigenvalue weighted by molar-refractivity contribution is 7.98. The molecule has 0 amide bonds. The molecule has 1 rings (SSSR count). The van der Waals surface area contributed by atoms with Gasteiger partial charge in [0, 0.05) is 17.5 Å². The lowest BCUT2D eigenvalue weighted by molar-refractivity contribution is 0.168. The van der Waals surface area contributed by atoms with E-state index in [2.05, 4.69) is 11.4 Å². The SMILES string of the molecule is CSc1cccc(NCC(N)C(C)O)c1C#N. The third-order valence-corrected chi connectivity index (χ3v) is 3.29. The second kappa shape index (κ2) is 6.50. The van der Waals surface area contributed by atoms with E-state index in [1.54, 1.807) is 6.92 Å². The monoisotopic (exact) mass is 251 g/mol. The summed E-state index contributed by atoms with van der Waals surface area (Å²) in [7, 11) is 0. The van der Waals surface area contributed by atoms with Crippen LogP contribution in [-0.4, -0.2) is 30.1 Å². The second-order valence-electron chi connectivity index (χ2n) is 3.78. The Labute approximate surface area is 106 Å². The zero-order valence-corrected chi connectivity index (χ0v) is 10.8. The van der Waals surface area contributed by atoms with Crippen LogP contribution in [0, 0.1) is 11.3 Å². The fourth-order valence-corrected chi connectivity index (χ4v) is 1.94. The normalized spacial score (nSPS) is 13.8. The number of thioether (sulfide) groups is 1. The van der Waals surface area contributed by atoms with Crippen LogP contribution in [0.2, 0.25) is 0 Å². The molecule has 92 valence electrons. The molecular weight excluding hydrogens is 234 g/mol. The number of nitrogens with one attached hydrogen (secondary N) is 1. The summed E-state index contributed by atoms with van der Waals surface area (Å²) >= 11 is 1.53. The smallest absolute Gasteiger partial charge is 0.102 e. The lowest BCUT2D eigenvalue weighted by atomic mass is 10.1. The van der Waals surface area contributed by atoms with Crippen molar-refractivity contribution in [2.45, 2.75) is 24.0 Å². The summed E-state index contributed by atoms with van der Waals surface area (Å²) in [5.41, 5.74) is 7.11. The largest absolute Gasteiger partial charge is 0.392 e. The zero-order valence-electron chi connectivity index (χ0n) is 9.97. The van der Waals surface area contributed by atoms with Crippen LogP contribution in [0.25, 0.3) is 0 Å². The van der Waals surface area contributed by atoms with E-state index >= 15 is 0 Å². The predicted molar refractivity (Wildman–Crippen MR) is 71.1 cm³/mol. The molecule has 0 bridgehead atoms. The molecular formula is C12H17N3OS. The number of aliphatic hydroxyl groups excluding tert-OH is 1. The zero-order chi connectivity index (χ0) is 12.8. The topological polar surface area (TPSA) is 82.1 Å². The highest BCUT2D eigenvalue weighted by Crippen LogP contribution is 2.26. The van der Waals surface area contributed by atoms with Crippen molar-refractivity contribution in [1.82, 2.24) is 0 Å². The molecule has 2 unspecified atom stereocenters. The molecule has 4 nitrogen and oxygen atoms in total. The number of aliphatic hydroxyl groups is 1. The summed E-state index contributed by atoms with van der Waals surface area (Å²) < 4.78 is 0. The molecule has 17 heavy (non-hydrogen) atoms. The van der Waals surface area contributed by atoms with Gasteiger partial charge < -0.3 is 16.2 Å². The highest BCUT2D eigenvalue weighted by Gasteiger charge is 2.11. The van der Waals surface area contributed by atoms with E-state index < -0.39 is 6.10 Å². The highest BCUT2D eigenvalue weighted by atomic mass is 32.2. The first kappa shape index (κ1) is 13.8. The summed E-state index contributed by atoms with van der Waals surface area (Å²) in [5, 5.41) is 21.5. The number of nitrogens with zero attached hydrogens (tertiary/aromatic N) is 1. The van der Waals surface area contributed by atoms with Crippen LogP contribution >= 0.6 is 11.8 Å². The van der Waals surface area contributed by atoms with Gasteiger partial charge in [-0.15, -0.1) is 11.8 Å². The van der Waals surface area contributed by atoms with E-state index in [1.807, 2.05) is 24.5 Å². The van der Waals surface area contributed by atoms with E-state index in [-0.39, 0.29) is 6.04 Å². The Bertz CT molecular complexity index is 415. The van der Waals surface area contributed by atoms with Crippen LogP contribution in [-0.2, 0) is 0 Å². The van der Waals surface area contributed by atoms with Crippen molar-refractivity contribution in [3.05, 3.63) is 23.8 Å². The van der Waals surface area contributed by atoms with Crippen LogP contribution in [0.15, 0.2) is 23.1 Å². The molecule has 0 aliphatic carbocycles. The van der Waals surface area contributed by atoms with Crippen LogP contribution in [0.3, 0.4) is 0 Å². The molecule has 0 radical (unpaired) electrons. The van der Waals surface area contributed by atoms with Gasteiger partial charge >= 0.3 is 0 Å². The number of nitriles is 1. The summed E-state index contributed by atoms with van der Waals surface area (Å²) in [4.78, 5) is 0.933. The molecule has 0 fully saturated rings. The van der Waals surface area contributed by atoms with Crippen LogP contribution in [0.4, 0.5) is 5.69 Å². The van der Waals surface area contributed by atoms with Crippen molar-refractivity contribution in [1.29, 1.82) is 5.26 Å². The van der Waals surface area contributed by atoms with Crippen LogP contribution in [0.5, 0.6) is 0 Å². The summed E-state index contributed by atoms with van der Waals surface area (Å²) in [5.74, 6) is 0. The Morgan fingerprint density at radius 3 is 2.82 bits per heavy atom. The van der Waals surface area contributed by atoms with E-state index in [0.29, 0.717) is 12.1 Å². The maximum absolute atomic E-state index is 9.29. The summed E-state index contributed by atoms with van der Waals surface area (Å²) in [6.45, 7) is 2.08. The molecule has 2 atom stereocenters. The molecule has 1 aromatic rings. The number of hydrogen-bond acceptors (Lipinski definition) is 5. The molecule has 4 N–H and O–H groups in total. The van der Waals surface area contributed by atoms with E-state index in [9.17, 15) is 5.11 Å². The van der Waals surface area contributed by atoms with Gasteiger partial charge in [-0.2, -0.15) is 5.26 Å². The first-order valence-electron chi connectivity index (χ1n) is 5.34. The molecule has 0 spiro atoms. The van der Waals surface area contributed by atoms with Crippen LogP contribution < -0.4 is 11.1 Å². The Hall–Kier alpha value is -1.22. The fourth-order valence-electron chi connectivity index (χ4n) is 1.36. The minimum Gasteiger partial charge on any atom is -0.392 e. The molecule has 1 aromatic carbocycles. The minimum absolute atomic E-state index is 0.348. The third kappa shape index (κ3) is 3.63. The Morgan fingerprint density at radius 2 is 2.29 bits per heavy atom. The van der Waals surface area contributed by atoms with Gasteiger partial charge in [-0.05, 0) is 25.3 Å². The molecule has 0 aromatic heterocycles. The van der Waals surface area contributed by atoms with E-state index in [0.717, 1.165) is 10.6 Å². The van der Waals surface area contributed by atoms with Crippen molar-refractivity contribution < 1.29 is 5.11 Å². The quantitative estimate of drug-likeness (QED) is 0.689. The molecule has 0 saturated heterocycles. The molecule has 0 aliphatic rings.